The second-order valence-corrected chi connectivity index (χ2v) is 7.61. The molecule has 1 amide bonds. The summed E-state index contributed by atoms with van der Waals surface area (Å²) in [7, 11) is 5.64. The van der Waals surface area contributed by atoms with Crippen molar-refractivity contribution in [2.24, 2.45) is 0 Å². The zero-order valence-electron chi connectivity index (χ0n) is 17.0. The van der Waals surface area contributed by atoms with Crippen LogP contribution in [0.2, 0.25) is 0 Å². The van der Waals surface area contributed by atoms with Crippen LogP contribution in [0.25, 0.3) is 0 Å². The maximum Gasteiger partial charge on any atom is 0.254 e. The van der Waals surface area contributed by atoms with E-state index in [1.54, 1.807) is 12.1 Å². The molecule has 1 fully saturated rings. The van der Waals surface area contributed by atoms with Crippen LogP contribution in [0, 0.1) is 0 Å². The van der Waals surface area contributed by atoms with Crippen molar-refractivity contribution < 1.29 is 14.6 Å². The summed E-state index contributed by atoms with van der Waals surface area (Å²) < 4.78 is 7.36. The number of rotatable bonds is 7. The molecule has 1 aliphatic rings. The second kappa shape index (κ2) is 9.10. The number of aromatic nitrogens is 2. The van der Waals surface area contributed by atoms with Gasteiger partial charge in [-0.25, -0.2) is 4.98 Å². The second-order valence-electron chi connectivity index (χ2n) is 7.61. The number of aryl methyl sites for hydroxylation is 1. The molecule has 3 rings (SSSR count). The number of benzene rings is 1. The maximum atomic E-state index is 13.0. The Hall–Kier alpha value is -2.54. The lowest BCUT2D eigenvalue weighted by Gasteiger charge is -2.33. The fourth-order valence-electron chi connectivity index (χ4n) is 3.79. The van der Waals surface area contributed by atoms with Gasteiger partial charge in [-0.2, -0.15) is 0 Å². The van der Waals surface area contributed by atoms with Crippen molar-refractivity contribution in [3.05, 3.63) is 42.0 Å². The number of hydrogen-bond acceptors (Lipinski definition) is 5. The van der Waals surface area contributed by atoms with Gasteiger partial charge in [0, 0.05) is 43.5 Å². The van der Waals surface area contributed by atoms with Gasteiger partial charge in [-0.05, 0) is 58.1 Å². The lowest BCUT2D eigenvalue weighted by molar-refractivity contribution is 0.0703. The van der Waals surface area contributed by atoms with Crippen LogP contribution < -0.4 is 4.74 Å². The normalized spacial score (nSPS) is 17.1. The van der Waals surface area contributed by atoms with Crippen LogP contribution in [0.3, 0.4) is 0 Å². The minimum atomic E-state index is -0.0336. The van der Waals surface area contributed by atoms with Crippen molar-refractivity contribution in [1.82, 2.24) is 19.4 Å². The number of phenolic OH excluding ortho intramolecular Hbond substituents is 1. The topological polar surface area (TPSA) is 70.8 Å². The molecule has 0 aliphatic carbocycles. The Labute approximate surface area is 166 Å². The summed E-state index contributed by atoms with van der Waals surface area (Å²) in [6.07, 6.45) is 6.95. The van der Waals surface area contributed by atoms with Crippen molar-refractivity contribution in [1.29, 1.82) is 0 Å². The Morgan fingerprint density at radius 3 is 2.96 bits per heavy atom. The molecule has 0 saturated carbocycles. The first kappa shape index (κ1) is 20.2. The van der Waals surface area contributed by atoms with E-state index in [4.69, 9.17) is 4.74 Å². The van der Waals surface area contributed by atoms with Gasteiger partial charge in [0.15, 0.2) is 11.5 Å². The van der Waals surface area contributed by atoms with Crippen LogP contribution >= 0.6 is 0 Å². The molecule has 28 heavy (non-hydrogen) atoms. The number of imidazole rings is 1. The molecule has 2 heterocycles. The summed E-state index contributed by atoms with van der Waals surface area (Å²) in [4.78, 5) is 21.7. The molecule has 0 spiro atoms. The Kier molecular flexibility index (Phi) is 6.57. The number of carbonyl (C=O) groups excluding carboxylic acids is 1. The SMILES string of the molecule is COc1cc(C(=O)N2CCC[C@@H](c3nccn3CCCN(C)C)C2)ccc1O. The van der Waals surface area contributed by atoms with E-state index in [9.17, 15) is 9.90 Å². The van der Waals surface area contributed by atoms with E-state index in [1.165, 1.54) is 13.2 Å². The number of ether oxygens (including phenoxy) is 1. The summed E-state index contributed by atoms with van der Waals surface area (Å²) in [5, 5.41) is 9.77. The van der Waals surface area contributed by atoms with E-state index in [0.717, 1.165) is 44.7 Å². The van der Waals surface area contributed by atoms with Crippen LogP contribution in [0.1, 0.15) is 41.4 Å². The summed E-state index contributed by atoms with van der Waals surface area (Å²) in [5.74, 6) is 1.63. The van der Waals surface area contributed by atoms with Gasteiger partial charge in [0.2, 0.25) is 0 Å². The van der Waals surface area contributed by atoms with Crippen molar-refractivity contribution in [2.45, 2.75) is 31.7 Å². The Morgan fingerprint density at radius 2 is 2.21 bits per heavy atom. The van der Waals surface area contributed by atoms with E-state index in [-0.39, 0.29) is 17.6 Å². The lowest BCUT2D eigenvalue weighted by atomic mass is 9.96. The molecule has 1 aromatic heterocycles. The predicted molar refractivity (Wildman–Crippen MR) is 108 cm³/mol. The highest BCUT2D eigenvalue weighted by Crippen LogP contribution is 2.30. The Bertz CT molecular complexity index is 803. The molecule has 1 saturated heterocycles. The monoisotopic (exact) mass is 386 g/mol. The third-order valence-electron chi connectivity index (χ3n) is 5.25. The van der Waals surface area contributed by atoms with Gasteiger partial charge in [-0.1, -0.05) is 0 Å². The van der Waals surface area contributed by atoms with Gasteiger partial charge in [-0.15, -0.1) is 0 Å². The molecule has 1 aromatic carbocycles. The number of likely N-dealkylation sites (tertiary alicyclic amines) is 1. The smallest absolute Gasteiger partial charge is 0.254 e. The Morgan fingerprint density at radius 1 is 1.39 bits per heavy atom. The van der Waals surface area contributed by atoms with Gasteiger partial charge in [0.05, 0.1) is 7.11 Å². The van der Waals surface area contributed by atoms with Gasteiger partial charge in [0.1, 0.15) is 5.82 Å². The molecule has 1 aliphatic heterocycles. The van der Waals surface area contributed by atoms with Crippen LogP contribution in [-0.4, -0.2) is 71.2 Å². The maximum absolute atomic E-state index is 13.0. The van der Waals surface area contributed by atoms with Crippen molar-refractivity contribution in [3.63, 3.8) is 0 Å². The number of hydrogen-bond donors (Lipinski definition) is 1. The fraction of sp³-hybridized carbons (Fsp3) is 0.524. The van der Waals surface area contributed by atoms with Gasteiger partial charge >= 0.3 is 0 Å². The van der Waals surface area contributed by atoms with E-state index in [2.05, 4.69) is 28.5 Å². The average molecular weight is 386 g/mol. The van der Waals surface area contributed by atoms with Gasteiger partial charge < -0.3 is 24.2 Å². The van der Waals surface area contributed by atoms with Crippen LogP contribution in [0.15, 0.2) is 30.6 Å². The average Bonchev–Trinajstić information content (AvgIpc) is 3.16. The quantitative estimate of drug-likeness (QED) is 0.792. The minimum Gasteiger partial charge on any atom is -0.504 e. The molecule has 152 valence electrons. The number of methoxy groups -OCH3 is 1. The third kappa shape index (κ3) is 4.65. The fourth-order valence-corrected chi connectivity index (χ4v) is 3.79. The highest BCUT2D eigenvalue weighted by Gasteiger charge is 2.28. The molecule has 1 N–H and O–H groups in total. The largest absolute Gasteiger partial charge is 0.504 e. The summed E-state index contributed by atoms with van der Waals surface area (Å²) >= 11 is 0. The predicted octanol–water partition coefficient (Wildman–Crippen LogP) is 2.57. The van der Waals surface area contributed by atoms with E-state index < -0.39 is 0 Å². The summed E-state index contributed by atoms with van der Waals surface area (Å²) in [6, 6.07) is 4.75. The minimum absolute atomic E-state index is 0.0336. The summed E-state index contributed by atoms with van der Waals surface area (Å²) in [6.45, 7) is 3.37. The number of piperidine rings is 1. The van der Waals surface area contributed by atoms with Gasteiger partial charge in [-0.3, -0.25) is 4.79 Å². The van der Waals surface area contributed by atoms with Crippen molar-refractivity contribution in [2.75, 3.05) is 40.8 Å². The Balaban J connectivity index is 1.69. The van der Waals surface area contributed by atoms with E-state index >= 15 is 0 Å². The number of amides is 1. The third-order valence-corrected chi connectivity index (χ3v) is 5.25. The van der Waals surface area contributed by atoms with Crippen molar-refractivity contribution in [3.8, 4) is 11.5 Å². The molecule has 7 nitrogen and oxygen atoms in total. The van der Waals surface area contributed by atoms with E-state index in [1.807, 2.05) is 17.3 Å². The molecule has 2 aromatic rings. The summed E-state index contributed by atoms with van der Waals surface area (Å²) in [5.41, 5.74) is 0.532. The molecule has 1 atom stereocenters. The van der Waals surface area contributed by atoms with Crippen LogP contribution in [0.5, 0.6) is 11.5 Å². The number of carbonyl (C=O) groups is 1. The van der Waals surface area contributed by atoms with Gasteiger partial charge in [0.25, 0.3) is 5.91 Å². The van der Waals surface area contributed by atoms with Crippen LogP contribution in [0.4, 0.5) is 0 Å². The standard InChI is InChI=1S/C21H30N4O3/c1-23(2)10-5-12-24-13-9-22-20(24)17-6-4-11-25(15-17)21(27)16-7-8-18(26)19(14-16)28-3/h7-9,13-14,17,26H,4-6,10-12,15H2,1-3H3/t17-/m1/s1. The first-order valence-electron chi connectivity index (χ1n) is 9.81. The highest BCUT2D eigenvalue weighted by molar-refractivity contribution is 5.95. The first-order valence-corrected chi connectivity index (χ1v) is 9.81. The zero-order valence-corrected chi connectivity index (χ0v) is 17.0. The molecule has 0 bridgehead atoms. The number of phenols is 1. The molecular formula is C21H30N4O3. The van der Waals surface area contributed by atoms with Crippen molar-refractivity contribution >= 4 is 5.91 Å². The van der Waals surface area contributed by atoms with E-state index in [0.29, 0.717) is 17.9 Å². The number of aromatic hydroxyl groups is 1. The zero-order chi connectivity index (χ0) is 20.1. The van der Waals surface area contributed by atoms with Crippen LogP contribution in [-0.2, 0) is 6.54 Å². The number of nitrogens with zero attached hydrogens (tertiary/aromatic N) is 4. The lowest BCUT2D eigenvalue weighted by Crippen LogP contribution is -2.39. The highest BCUT2D eigenvalue weighted by atomic mass is 16.5. The molecule has 0 unspecified atom stereocenters. The molecule has 7 heteroatoms. The molecule has 0 radical (unpaired) electrons. The first-order chi connectivity index (χ1) is 13.5. The molecular weight excluding hydrogens is 356 g/mol.